The second kappa shape index (κ2) is 10.7. The molecule has 1 amide bonds. The number of carbonyl (C=O) groups excluding carboxylic acids is 1. The van der Waals surface area contributed by atoms with Crippen molar-refractivity contribution in [2.45, 2.75) is 39.8 Å². The molecular formula is C29H35N5O2. The first-order valence-corrected chi connectivity index (χ1v) is 13.0. The largest absolute Gasteiger partial charge is 0.354 e. The van der Waals surface area contributed by atoms with E-state index in [1.54, 1.807) is 6.20 Å². The van der Waals surface area contributed by atoms with Gasteiger partial charge in [0.15, 0.2) is 0 Å². The molecule has 7 nitrogen and oxygen atoms in total. The lowest BCUT2D eigenvalue weighted by Gasteiger charge is -2.34. The number of rotatable bonds is 8. The summed E-state index contributed by atoms with van der Waals surface area (Å²) in [7, 11) is 0. The minimum atomic E-state index is -0.244. The zero-order valence-electron chi connectivity index (χ0n) is 21.2. The highest BCUT2D eigenvalue weighted by Crippen LogP contribution is 2.27. The van der Waals surface area contributed by atoms with Crippen LogP contribution in [0.1, 0.15) is 32.3 Å². The number of benzene rings is 2. The third-order valence-corrected chi connectivity index (χ3v) is 7.17. The van der Waals surface area contributed by atoms with Crippen molar-refractivity contribution in [2.75, 3.05) is 26.2 Å². The fourth-order valence-electron chi connectivity index (χ4n) is 5.73. The molecule has 36 heavy (non-hydrogen) atoms. The first kappa shape index (κ1) is 24.3. The smallest absolute Gasteiger partial charge is 0.291 e. The number of para-hydroxylation sites is 1. The monoisotopic (exact) mass is 485 g/mol. The second-order valence-electron chi connectivity index (χ2n) is 10.4. The highest BCUT2D eigenvalue weighted by Gasteiger charge is 2.21. The van der Waals surface area contributed by atoms with Gasteiger partial charge in [-0.25, -0.2) is 4.68 Å². The summed E-state index contributed by atoms with van der Waals surface area (Å²) in [5.74, 6) is 1.28. The molecule has 7 heteroatoms. The molecule has 1 saturated heterocycles. The summed E-state index contributed by atoms with van der Waals surface area (Å²) in [6, 6.07) is 18.1. The van der Waals surface area contributed by atoms with Gasteiger partial charge in [-0.15, -0.1) is 0 Å². The van der Waals surface area contributed by atoms with E-state index in [9.17, 15) is 9.59 Å². The molecule has 1 aliphatic rings. The molecule has 1 N–H and O–H groups in total. The molecule has 1 fully saturated rings. The minimum Gasteiger partial charge on any atom is -0.354 e. The Morgan fingerprint density at radius 1 is 1.00 bits per heavy atom. The molecule has 1 aliphatic heterocycles. The van der Waals surface area contributed by atoms with Crippen molar-refractivity contribution in [1.82, 2.24) is 24.6 Å². The van der Waals surface area contributed by atoms with Crippen LogP contribution in [-0.4, -0.2) is 51.3 Å². The Hall–Kier alpha value is -3.45. The van der Waals surface area contributed by atoms with Gasteiger partial charge in [0.25, 0.3) is 5.56 Å². The van der Waals surface area contributed by atoms with Gasteiger partial charge in [0, 0.05) is 42.5 Å². The van der Waals surface area contributed by atoms with Crippen LogP contribution < -0.4 is 10.9 Å². The van der Waals surface area contributed by atoms with Crippen LogP contribution in [0.15, 0.2) is 65.6 Å². The van der Waals surface area contributed by atoms with Gasteiger partial charge in [-0.3, -0.25) is 9.59 Å². The topological polar surface area (TPSA) is 72.2 Å². The van der Waals surface area contributed by atoms with Crippen molar-refractivity contribution in [2.24, 2.45) is 11.8 Å². The van der Waals surface area contributed by atoms with E-state index in [1.165, 1.54) is 11.1 Å². The van der Waals surface area contributed by atoms with E-state index in [0.717, 1.165) is 59.7 Å². The van der Waals surface area contributed by atoms with E-state index in [-0.39, 0.29) is 18.0 Å². The predicted octanol–water partition coefficient (Wildman–Crippen LogP) is 3.88. The van der Waals surface area contributed by atoms with E-state index in [4.69, 9.17) is 0 Å². The van der Waals surface area contributed by atoms with Crippen LogP contribution in [0.4, 0.5) is 0 Å². The summed E-state index contributed by atoms with van der Waals surface area (Å²) in [5.41, 5.74) is 2.43. The number of nitrogens with zero attached hydrogens (tertiary/aromatic N) is 4. The van der Waals surface area contributed by atoms with Gasteiger partial charge in [0.1, 0.15) is 12.1 Å². The highest BCUT2D eigenvalue weighted by atomic mass is 16.2. The maximum absolute atomic E-state index is 13.5. The van der Waals surface area contributed by atoms with Crippen molar-refractivity contribution < 1.29 is 4.79 Å². The quantitative estimate of drug-likeness (QED) is 0.385. The average molecular weight is 486 g/mol. The summed E-state index contributed by atoms with van der Waals surface area (Å²) in [6.45, 7) is 8.96. The molecule has 2 unspecified atom stereocenters. The number of amides is 1. The van der Waals surface area contributed by atoms with E-state index in [2.05, 4.69) is 41.3 Å². The number of piperidine rings is 1. The third kappa shape index (κ3) is 5.21. The maximum Gasteiger partial charge on any atom is 0.291 e. The molecule has 0 aliphatic carbocycles. The summed E-state index contributed by atoms with van der Waals surface area (Å²) >= 11 is 0. The van der Waals surface area contributed by atoms with Crippen molar-refractivity contribution >= 4 is 27.7 Å². The molecule has 188 valence electrons. The zero-order chi connectivity index (χ0) is 25.1. The summed E-state index contributed by atoms with van der Waals surface area (Å²) in [4.78, 5) is 28.7. The zero-order valence-corrected chi connectivity index (χ0v) is 21.2. The lowest BCUT2D eigenvalue weighted by atomic mass is 9.92. The van der Waals surface area contributed by atoms with E-state index < -0.39 is 0 Å². The SMILES string of the molecule is CC1CC(C)CN(CCCNC(=O)Cn2ncc3c4ccccc4n(Cc4ccccc4)c3c2=O)C1. The predicted molar refractivity (Wildman–Crippen MR) is 144 cm³/mol. The Bertz CT molecular complexity index is 1400. The van der Waals surface area contributed by atoms with Gasteiger partial charge in [0.05, 0.1) is 6.20 Å². The Labute approximate surface area is 211 Å². The van der Waals surface area contributed by atoms with E-state index >= 15 is 0 Å². The van der Waals surface area contributed by atoms with Crippen molar-refractivity contribution in [3.05, 3.63) is 76.7 Å². The van der Waals surface area contributed by atoms with Gasteiger partial charge in [-0.05, 0) is 42.9 Å². The van der Waals surface area contributed by atoms with Crippen molar-refractivity contribution in [3.63, 3.8) is 0 Å². The van der Waals surface area contributed by atoms with Crippen LogP contribution in [0.2, 0.25) is 0 Å². The van der Waals surface area contributed by atoms with Crippen LogP contribution in [0.25, 0.3) is 21.8 Å². The number of likely N-dealkylation sites (tertiary alicyclic amines) is 1. The molecule has 4 aromatic rings. The van der Waals surface area contributed by atoms with E-state index in [1.807, 2.05) is 47.0 Å². The summed E-state index contributed by atoms with van der Waals surface area (Å²) in [6.07, 6.45) is 3.91. The third-order valence-electron chi connectivity index (χ3n) is 7.17. The number of hydrogen-bond acceptors (Lipinski definition) is 4. The van der Waals surface area contributed by atoms with Gasteiger partial charge in [-0.1, -0.05) is 62.4 Å². The number of hydrogen-bond donors (Lipinski definition) is 1. The molecule has 2 aromatic heterocycles. The van der Waals surface area contributed by atoms with Gasteiger partial charge in [-0.2, -0.15) is 5.10 Å². The van der Waals surface area contributed by atoms with Gasteiger partial charge >= 0.3 is 0 Å². The van der Waals surface area contributed by atoms with Crippen LogP contribution >= 0.6 is 0 Å². The van der Waals surface area contributed by atoms with Crippen molar-refractivity contribution in [3.8, 4) is 0 Å². The molecule has 2 atom stereocenters. The minimum absolute atomic E-state index is 0.0839. The Morgan fingerprint density at radius 2 is 1.72 bits per heavy atom. The first-order chi connectivity index (χ1) is 17.5. The molecule has 0 saturated carbocycles. The van der Waals surface area contributed by atoms with Gasteiger partial charge in [0.2, 0.25) is 5.91 Å². The Morgan fingerprint density at radius 3 is 2.50 bits per heavy atom. The van der Waals surface area contributed by atoms with E-state index in [0.29, 0.717) is 18.6 Å². The molecule has 3 heterocycles. The molecular weight excluding hydrogens is 450 g/mol. The first-order valence-electron chi connectivity index (χ1n) is 13.0. The summed E-state index contributed by atoms with van der Waals surface area (Å²) in [5, 5.41) is 9.14. The molecule has 0 radical (unpaired) electrons. The fourth-order valence-corrected chi connectivity index (χ4v) is 5.73. The standard InChI is InChI=1S/C29H35N5O2/c1-21-15-22(2)18-32(17-21)14-8-13-30-27(35)20-34-29(36)28-25(16-31-34)24-11-6-7-12-26(24)33(28)19-23-9-4-3-5-10-23/h3-7,9-12,16,21-22H,8,13-15,17-20H2,1-2H3,(H,30,35). The molecule has 2 aromatic carbocycles. The van der Waals surface area contributed by atoms with Gasteiger partial charge < -0.3 is 14.8 Å². The number of aromatic nitrogens is 3. The lowest BCUT2D eigenvalue weighted by molar-refractivity contribution is -0.121. The van der Waals surface area contributed by atoms with Crippen LogP contribution in [-0.2, 0) is 17.9 Å². The number of nitrogens with one attached hydrogen (secondary N) is 1. The lowest BCUT2D eigenvalue weighted by Crippen LogP contribution is -2.40. The average Bonchev–Trinajstić information content (AvgIpc) is 3.18. The van der Waals surface area contributed by atoms with Crippen LogP contribution in [0.3, 0.4) is 0 Å². The van der Waals surface area contributed by atoms with Crippen LogP contribution in [0, 0.1) is 11.8 Å². The molecule has 0 spiro atoms. The fraction of sp³-hybridized carbons (Fsp3) is 0.414. The van der Waals surface area contributed by atoms with Crippen molar-refractivity contribution in [1.29, 1.82) is 0 Å². The Kier molecular flexibility index (Phi) is 7.18. The summed E-state index contributed by atoms with van der Waals surface area (Å²) < 4.78 is 3.32. The number of fused-ring (bicyclic) bond motifs is 3. The number of carbonyl (C=O) groups is 1. The highest BCUT2D eigenvalue weighted by molar-refractivity contribution is 6.07. The van der Waals surface area contributed by atoms with Crippen LogP contribution in [0.5, 0.6) is 0 Å². The Balaban J connectivity index is 1.30. The normalized spacial score (nSPS) is 18.6. The molecule has 0 bridgehead atoms. The maximum atomic E-state index is 13.5. The second-order valence-corrected chi connectivity index (χ2v) is 10.4. The molecule has 5 rings (SSSR count).